The van der Waals surface area contributed by atoms with E-state index in [1.807, 2.05) is 30.3 Å². The van der Waals surface area contributed by atoms with Crippen LogP contribution in [0.1, 0.15) is 11.6 Å². The van der Waals surface area contributed by atoms with Gasteiger partial charge in [0.1, 0.15) is 18.2 Å². The van der Waals surface area contributed by atoms with E-state index < -0.39 is 12.7 Å². The van der Waals surface area contributed by atoms with E-state index in [2.05, 4.69) is 0 Å². The van der Waals surface area contributed by atoms with Crippen molar-refractivity contribution in [1.82, 2.24) is 0 Å². The van der Waals surface area contributed by atoms with Crippen LogP contribution in [0, 0.1) is 0 Å². The van der Waals surface area contributed by atoms with Crippen LogP contribution in [-0.2, 0) is 0 Å². The Morgan fingerprint density at radius 3 is 2.12 bits per heavy atom. The van der Waals surface area contributed by atoms with Crippen LogP contribution in [0.2, 0.25) is 0 Å². The van der Waals surface area contributed by atoms with Crippen molar-refractivity contribution in [3.63, 3.8) is 0 Å². The molecule has 2 aromatic rings. The van der Waals surface area contributed by atoms with E-state index in [1.165, 1.54) is 0 Å². The summed E-state index contributed by atoms with van der Waals surface area (Å²) in [6, 6.07) is 16.1. The Morgan fingerprint density at radius 1 is 0.941 bits per heavy atom. The maximum absolute atomic E-state index is 12.4. The quantitative estimate of drug-likeness (QED) is 0.874. The number of nitrogens with two attached hydrogens (primary N) is 1. The molecule has 0 radical (unpaired) electrons. The van der Waals surface area contributed by atoms with Gasteiger partial charge in [-0.1, -0.05) is 30.3 Å². The van der Waals surface area contributed by atoms with Crippen molar-refractivity contribution >= 4 is 0 Å². The molecule has 0 aromatic heterocycles. The molecule has 0 aliphatic heterocycles. The fourth-order valence-corrected chi connectivity index (χ4v) is 1.50. The highest BCUT2D eigenvalue weighted by molar-refractivity contribution is 5.33. The zero-order valence-corrected chi connectivity index (χ0v) is 9.34. The average molecular weight is 231 g/mol. The van der Waals surface area contributed by atoms with E-state index in [-0.39, 0.29) is 0 Å². The van der Waals surface area contributed by atoms with Crippen LogP contribution in [-0.4, -0.2) is 6.67 Å². The second-order valence-electron chi connectivity index (χ2n) is 3.74. The summed E-state index contributed by atoms with van der Waals surface area (Å²) >= 11 is 0. The van der Waals surface area contributed by atoms with Gasteiger partial charge in [-0.05, 0) is 29.8 Å². The molecule has 0 saturated carbocycles. The summed E-state index contributed by atoms with van der Waals surface area (Å²) in [6.07, 6.45) is 0. The van der Waals surface area contributed by atoms with Gasteiger partial charge in [0.25, 0.3) is 0 Å². The summed E-state index contributed by atoms with van der Waals surface area (Å²) < 4.78 is 18.0. The molecule has 17 heavy (non-hydrogen) atoms. The van der Waals surface area contributed by atoms with E-state index >= 15 is 0 Å². The zero-order chi connectivity index (χ0) is 12.1. The first-order valence-corrected chi connectivity index (χ1v) is 5.44. The number of halogens is 1. The topological polar surface area (TPSA) is 35.2 Å². The summed E-state index contributed by atoms with van der Waals surface area (Å²) in [7, 11) is 0. The van der Waals surface area contributed by atoms with Gasteiger partial charge in [0.15, 0.2) is 0 Å². The third kappa shape index (κ3) is 3.04. The zero-order valence-electron chi connectivity index (χ0n) is 9.34. The van der Waals surface area contributed by atoms with Gasteiger partial charge in [-0.15, -0.1) is 0 Å². The average Bonchev–Trinajstić information content (AvgIpc) is 2.40. The molecule has 2 aromatic carbocycles. The second kappa shape index (κ2) is 5.46. The minimum atomic E-state index is -0.557. The summed E-state index contributed by atoms with van der Waals surface area (Å²) in [6.45, 7) is -0.557. The van der Waals surface area contributed by atoms with Gasteiger partial charge in [0.05, 0.1) is 6.04 Å². The molecular formula is C14H14FNO. The molecule has 0 amide bonds. The SMILES string of the molecule is NC(CF)c1ccc(Oc2ccccc2)cc1. The second-order valence-corrected chi connectivity index (χ2v) is 3.74. The van der Waals surface area contributed by atoms with Crippen molar-refractivity contribution in [3.05, 3.63) is 60.2 Å². The molecule has 0 aliphatic rings. The van der Waals surface area contributed by atoms with Crippen molar-refractivity contribution in [2.24, 2.45) is 5.73 Å². The van der Waals surface area contributed by atoms with Gasteiger partial charge in [-0.25, -0.2) is 4.39 Å². The third-order valence-corrected chi connectivity index (χ3v) is 2.45. The molecule has 2 rings (SSSR count). The molecule has 0 aliphatic carbocycles. The monoisotopic (exact) mass is 231 g/mol. The molecule has 0 heterocycles. The summed E-state index contributed by atoms with van der Waals surface area (Å²) in [5, 5.41) is 0. The van der Waals surface area contributed by atoms with Crippen molar-refractivity contribution in [1.29, 1.82) is 0 Å². The first-order chi connectivity index (χ1) is 8.29. The fourth-order valence-electron chi connectivity index (χ4n) is 1.50. The van der Waals surface area contributed by atoms with Gasteiger partial charge in [-0.3, -0.25) is 0 Å². The smallest absolute Gasteiger partial charge is 0.127 e. The normalized spacial score (nSPS) is 12.1. The lowest BCUT2D eigenvalue weighted by Crippen LogP contribution is -2.11. The molecule has 88 valence electrons. The molecule has 0 saturated heterocycles. The molecule has 0 bridgehead atoms. The third-order valence-electron chi connectivity index (χ3n) is 2.45. The van der Waals surface area contributed by atoms with Gasteiger partial charge >= 0.3 is 0 Å². The number of alkyl halides is 1. The van der Waals surface area contributed by atoms with Crippen LogP contribution in [0.5, 0.6) is 11.5 Å². The Labute approximate surface area is 99.8 Å². The first-order valence-electron chi connectivity index (χ1n) is 5.44. The molecule has 2 N–H and O–H groups in total. The number of para-hydroxylation sites is 1. The minimum Gasteiger partial charge on any atom is -0.457 e. The number of hydrogen-bond donors (Lipinski definition) is 1. The lowest BCUT2D eigenvalue weighted by atomic mass is 10.1. The van der Waals surface area contributed by atoms with Crippen molar-refractivity contribution in [2.75, 3.05) is 6.67 Å². The van der Waals surface area contributed by atoms with Crippen LogP contribution in [0.4, 0.5) is 4.39 Å². The summed E-state index contributed by atoms with van der Waals surface area (Å²) in [4.78, 5) is 0. The van der Waals surface area contributed by atoms with Crippen molar-refractivity contribution < 1.29 is 9.13 Å². The van der Waals surface area contributed by atoms with Crippen molar-refractivity contribution in [2.45, 2.75) is 6.04 Å². The number of hydrogen-bond acceptors (Lipinski definition) is 2. The van der Waals surface area contributed by atoms with Gasteiger partial charge in [0, 0.05) is 0 Å². The molecule has 1 atom stereocenters. The van der Waals surface area contributed by atoms with E-state index in [1.54, 1.807) is 24.3 Å². The molecular weight excluding hydrogens is 217 g/mol. The predicted octanol–water partition coefficient (Wildman–Crippen LogP) is 3.45. The molecule has 3 heteroatoms. The highest BCUT2D eigenvalue weighted by Gasteiger charge is 2.05. The standard InChI is InChI=1S/C14H14FNO/c15-10-14(16)11-6-8-13(9-7-11)17-12-4-2-1-3-5-12/h1-9,14H,10,16H2. The summed E-state index contributed by atoms with van der Waals surface area (Å²) in [5.74, 6) is 1.49. The van der Waals surface area contributed by atoms with Gasteiger partial charge in [0.2, 0.25) is 0 Å². The minimum absolute atomic E-state index is 0.555. The Morgan fingerprint density at radius 2 is 1.53 bits per heavy atom. The lowest BCUT2D eigenvalue weighted by molar-refractivity contribution is 0.436. The molecule has 2 nitrogen and oxygen atoms in total. The van der Waals surface area contributed by atoms with E-state index in [9.17, 15) is 4.39 Å². The number of benzene rings is 2. The Bertz CT molecular complexity index is 455. The molecule has 1 unspecified atom stereocenters. The van der Waals surface area contributed by atoms with Crippen LogP contribution < -0.4 is 10.5 Å². The summed E-state index contributed by atoms with van der Waals surface area (Å²) in [5.41, 5.74) is 6.35. The van der Waals surface area contributed by atoms with Gasteiger partial charge < -0.3 is 10.5 Å². The maximum atomic E-state index is 12.4. The molecule has 0 spiro atoms. The van der Waals surface area contributed by atoms with Crippen LogP contribution >= 0.6 is 0 Å². The van der Waals surface area contributed by atoms with Crippen LogP contribution in [0.3, 0.4) is 0 Å². The largest absolute Gasteiger partial charge is 0.457 e. The number of rotatable bonds is 4. The van der Waals surface area contributed by atoms with E-state index in [4.69, 9.17) is 10.5 Å². The Balaban J connectivity index is 2.08. The van der Waals surface area contributed by atoms with Gasteiger partial charge in [-0.2, -0.15) is 0 Å². The van der Waals surface area contributed by atoms with Crippen LogP contribution in [0.15, 0.2) is 54.6 Å². The van der Waals surface area contributed by atoms with Crippen molar-refractivity contribution in [3.8, 4) is 11.5 Å². The Kier molecular flexibility index (Phi) is 3.73. The van der Waals surface area contributed by atoms with E-state index in [0.717, 1.165) is 11.3 Å². The number of ether oxygens (including phenoxy) is 1. The highest BCUT2D eigenvalue weighted by atomic mass is 19.1. The van der Waals surface area contributed by atoms with E-state index in [0.29, 0.717) is 5.75 Å². The predicted molar refractivity (Wildman–Crippen MR) is 65.9 cm³/mol. The molecule has 0 fully saturated rings. The fraction of sp³-hybridized carbons (Fsp3) is 0.143. The highest BCUT2D eigenvalue weighted by Crippen LogP contribution is 2.22. The first kappa shape index (κ1) is 11.6. The maximum Gasteiger partial charge on any atom is 0.127 e. The van der Waals surface area contributed by atoms with Crippen LogP contribution in [0.25, 0.3) is 0 Å². The Hall–Kier alpha value is -1.87. The lowest BCUT2D eigenvalue weighted by Gasteiger charge is -2.09.